The van der Waals surface area contributed by atoms with Crippen LogP contribution in [0.4, 0.5) is 0 Å². The fraction of sp³-hybridized carbons (Fsp3) is 1.00. The van der Waals surface area contributed by atoms with Crippen LogP contribution in [-0.2, 0) is 0 Å². The first-order valence-electron chi connectivity index (χ1n) is 6.47. The highest BCUT2D eigenvalue weighted by molar-refractivity contribution is 4.80. The lowest BCUT2D eigenvalue weighted by atomic mass is 9.98. The van der Waals surface area contributed by atoms with E-state index in [1.807, 2.05) is 0 Å². The second-order valence-corrected chi connectivity index (χ2v) is 5.58. The van der Waals surface area contributed by atoms with Gasteiger partial charge in [0.25, 0.3) is 0 Å². The van der Waals surface area contributed by atoms with Crippen LogP contribution in [0.15, 0.2) is 0 Å². The molecule has 0 amide bonds. The molecule has 0 aromatic heterocycles. The molecule has 0 saturated heterocycles. The van der Waals surface area contributed by atoms with Gasteiger partial charge in [-0.15, -0.1) is 0 Å². The van der Waals surface area contributed by atoms with Gasteiger partial charge >= 0.3 is 0 Å². The number of nitrogens with one attached hydrogen (secondary N) is 1. The predicted molar refractivity (Wildman–Crippen MR) is 67.1 cm³/mol. The summed E-state index contributed by atoms with van der Waals surface area (Å²) in [5.74, 6) is 1.89. The van der Waals surface area contributed by atoms with E-state index in [9.17, 15) is 0 Å². The lowest BCUT2D eigenvalue weighted by molar-refractivity contribution is 0.349. The second-order valence-electron chi connectivity index (χ2n) is 5.58. The van der Waals surface area contributed by atoms with Crippen LogP contribution in [0.1, 0.15) is 39.5 Å². The van der Waals surface area contributed by atoms with Crippen molar-refractivity contribution in [3.05, 3.63) is 0 Å². The van der Waals surface area contributed by atoms with Gasteiger partial charge in [-0.1, -0.05) is 13.3 Å². The lowest BCUT2D eigenvalue weighted by Crippen LogP contribution is -2.34. The largest absolute Gasteiger partial charge is 0.314 e. The van der Waals surface area contributed by atoms with E-state index < -0.39 is 0 Å². The molecular formula is C13H28N2. The maximum Gasteiger partial charge on any atom is 0.00671 e. The zero-order valence-corrected chi connectivity index (χ0v) is 10.9. The van der Waals surface area contributed by atoms with Gasteiger partial charge in [-0.3, -0.25) is 0 Å². The number of hydrogen-bond acceptors (Lipinski definition) is 2. The van der Waals surface area contributed by atoms with Crippen LogP contribution in [0, 0.1) is 11.8 Å². The standard InChI is InChI=1S/C13H28N2/c1-11-6-7-13(10-11)12(2)14-8-5-9-15(3)4/h11-14H,5-10H2,1-4H3. The van der Waals surface area contributed by atoms with Gasteiger partial charge in [0.15, 0.2) is 0 Å². The van der Waals surface area contributed by atoms with Gasteiger partial charge in [-0.2, -0.15) is 0 Å². The minimum atomic E-state index is 0.720. The third kappa shape index (κ3) is 4.98. The van der Waals surface area contributed by atoms with Crippen LogP contribution in [0.2, 0.25) is 0 Å². The molecule has 1 fully saturated rings. The molecule has 15 heavy (non-hydrogen) atoms. The molecule has 1 aliphatic carbocycles. The molecule has 0 aliphatic heterocycles. The maximum absolute atomic E-state index is 3.67. The Morgan fingerprint density at radius 1 is 1.33 bits per heavy atom. The van der Waals surface area contributed by atoms with E-state index in [2.05, 4.69) is 38.2 Å². The quantitative estimate of drug-likeness (QED) is 0.680. The Hall–Kier alpha value is -0.0800. The fourth-order valence-corrected chi connectivity index (χ4v) is 2.60. The summed E-state index contributed by atoms with van der Waals surface area (Å²) < 4.78 is 0. The first kappa shape index (κ1) is 13.0. The SMILES string of the molecule is CC1CCC(C(C)NCCCN(C)C)C1. The third-order valence-electron chi connectivity index (χ3n) is 3.69. The summed E-state index contributed by atoms with van der Waals surface area (Å²) in [7, 11) is 4.28. The van der Waals surface area contributed by atoms with E-state index in [1.165, 1.54) is 38.8 Å². The molecule has 2 nitrogen and oxygen atoms in total. The molecule has 1 rings (SSSR count). The molecule has 0 bridgehead atoms. The van der Waals surface area contributed by atoms with Gasteiger partial charge in [-0.25, -0.2) is 0 Å². The molecule has 0 aromatic carbocycles. The minimum Gasteiger partial charge on any atom is -0.314 e. The topological polar surface area (TPSA) is 15.3 Å². The number of hydrogen-bond donors (Lipinski definition) is 1. The van der Waals surface area contributed by atoms with Crippen molar-refractivity contribution in [1.29, 1.82) is 0 Å². The first-order chi connectivity index (χ1) is 7.09. The van der Waals surface area contributed by atoms with E-state index in [0.717, 1.165) is 17.9 Å². The molecule has 0 spiro atoms. The van der Waals surface area contributed by atoms with E-state index in [1.54, 1.807) is 0 Å². The second kappa shape index (κ2) is 6.49. The van der Waals surface area contributed by atoms with Gasteiger partial charge in [0.2, 0.25) is 0 Å². The van der Waals surface area contributed by atoms with Crippen molar-refractivity contribution in [3.63, 3.8) is 0 Å². The summed E-state index contributed by atoms with van der Waals surface area (Å²) in [5, 5.41) is 3.67. The number of rotatable bonds is 6. The zero-order chi connectivity index (χ0) is 11.3. The molecule has 0 aromatic rings. The minimum absolute atomic E-state index is 0.720. The summed E-state index contributed by atoms with van der Waals surface area (Å²) >= 11 is 0. The van der Waals surface area contributed by atoms with Gasteiger partial charge < -0.3 is 10.2 Å². The molecule has 1 aliphatic rings. The van der Waals surface area contributed by atoms with Crippen molar-refractivity contribution in [3.8, 4) is 0 Å². The Morgan fingerprint density at radius 2 is 2.07 bits per heavy atom. The highest BCUT2D eigenvalue weighted by atomic mass is 15.1. The lowest BCUT2D eigenvalue weighted by Gasteiger charge is -2.21. The van der Waals surface area contributed by atoms with Gasteiger partial charge in [0.1, 0.15) is 0 Å². The van der Waals surface area contributed by atoms with E-state index in [4.69, 9.17) is 0 Å². The first-order valence-corrected chi connectivity index (χ1v) is 6.47. The van der Waals surface area contributed by atoms with Crippen LogP contribution >= 0.6 is 0 Å². The summed E-state index contributed by atoms with van der Waals surface area (Å²) in [5.41, 5.74) is 0. The van der Waals surface area contributed by atoms with E-state index in [-0.39, 0.29) is 0 Å². The van der Waals surface area contributed by atoms with Crippen molar-refractivity contribution >= 4 is 0 Å². The maximum atomic E-state index is 3.67. The Balaban J connectivity index is 2.05. The molecule has 1 N–H and O–H groups in total. The molecule has 3 unspecified atom stereocenters. The summed E-state index contributed by atoms with van der Waals surface area (Å²) in [6.45, 7) is 7.11. The van der Waals surface area contributed by atoms with Crippen LogP contribution < -0.4 is 5.32 Å². The van der Waals surface area contributed by atoms with Crippen molar-refractivity contribution < 1.29 is 0 Å². The van der Waals surface area contributed by atoms with Crippen LogP contribution in [0.5, 0.6) is 0 Å². The third-order valence-corrected chi connectivity index (χ3v) is 3.69. The Morgan fingerprint density at radius 3 is 2.60 bits per heavy atom. The molecule has 2 heteroatoms. The summed E-state index contributed by atoms with van der Waals surface area (Å²) in [6, 6.07) is 0.720. The van der Waals surface area contributed by atoms with Crippen molar-refractivity contribution in [2.75, 3.05) is 27.2 Å². The van der Waals surface area contributed by atoms with Crippen LogP contribution in [0.25, 0.3) is 0 Å². The Kier molecular flexibility index (Phi) is 5.62. The van der Waals surface area contributed by atoms with E-state index >= 15 is 0 Å². The summed E-state index contributed by atoms with van der Waals surface area (Å²) in [6.07, 6.45) is 5.57. The molecule has 90 valence electrons. The highest BCUT2D eigenvalue weighted by Gasteiger charge is 2.25. The average Bonchev–Trinajstić information content (AvgIpc) is 2.59. The van der Waals surface area contributed by atoms with Crippen LogP contribution in [-0.4, -0.2) is 38.1 Å². The molecular weight excluding hydrogens is 184 g/mol. The molecule has 3 atom stereocenters. The Bertz CT molecular complexity index is 168. The summed E-state index contributed by atoms with van der Waals surface area (Å²) in [4.78, 5) is 2.25. The van der Waals surface area contributed by atoms with Gasteiger partial charge in [0.05, 0.1) is 0 Å². The molecule has 0 heterocycles. The highest BCUT2D eigenvalue weighted by Crippen LogP contribution is 2.32. The molecule has 1 saturated carbocycles. The monoisotopic (exact) mass is 212 g/mol. The fourth-order valence-electron chi connectivity index (χ4n) is 2.60. The van der Waals surface area contributed by atoms with Gasteiger partial charge in [-0.05, 0) is 65.2 Å². The molecule has 0 radical (unpaired) electrons. The van der Waals surface area contributed by atoms with Crippen LogP contribution in [0.3, 0.4) is 0 Å². The van der Waals surface area contributed by atoms with Crippen molar-refractivity contribution in [2.45, 2.75) is 45.6 Å². The predicted octanol–water partition coefficient (Wildman–Crippen LogP) is 2.35. The average molecular weight is 212 g/mol. The van der Waals surface area contributed by atoms with Gasteiger partial charge in [0, 0.05) is 6.04 Å². The normalized spacial score (nSPS) is 28.6. The smallest absolute Gasteiger partial charge is 0.00671 e. The number of nitrogens with zero attached hydrogens (tertiary/aromatic N) is 1. The zero-order valence-electron chi connectivity index (χ0n) is 10.9. The van der Waals surface area contributed by atoms with Crippen molar-refractivity contribution in [1.82, 2.24) is 10.2 Å². The van der Waals surface area contributed by atoms with E-state index in [0.29, 0.717) is 0 Å². The Labute approximate surface area is 95.4 Å². The van der Waals surface area contributed by atoms with Crippen molar-refractivity contribution in [2.24, 2.45) is 11.8 Å².